The van der Waals surface area contributed by atoms with Crippen molar-refractivity contribution in [3.8, 4) is 0 Å². The summed E-state index contributed by atoms with van der Waals surface area (Å²) in [6.07, 6.45) is 2.45. The number of nitrogens with one attached hydrogen (secondary N) is 3. The van der Waals surface area contributed by atoms with Crippen LogP contribution in [0, 0.1) is 0 Å². The molecule has 0 spiro atoms. The van der Waals surface area contributed by atoms with Crippen LogP contribution in [-0.2, 0) is 20.0 Å². The molecule has 1 aromatic carbocycles. The van der Waals surface area contributed by atoms with E-state index in [0.717, 1.165) is 30.3 Å². The summed E-state index contributed by atoms with van der Waals surface area (Å²) >= 11 is 0. The van der Waals surface area contributed by atoms with Crippen molar-refractivity contribution >= 4 is 11.9 Å². The Balaban J connectivity index is 1.91. The molecule has 1 heterocycles. The number of hydrogen-bond acceptors (Lipinski definition) is 4. The van der Waals surface area contributed by atoms with Crippen LogP contribution in [0.2, 0.25) is 0 Å². The van der Waals surface area contributed by atoms with Gasteiger partial charge >= 0.3 is 0 Å². The van der Waals surface area contributed by atoms with Crippen LogP contribution in [0.4, 0.5) is 0 Å². The molecule has 2 aromatic rings. The maximum Gasteiger partial charge on any atom is 0.251 e. The van der Waals surface area contributed by atoms with E-state index < -0.39 is 0 Å². The molecule has 0 saturated heterocycles. The fourth-order valence-corrected chi connectivity index (χ4v) is 2.28. The summed E-state index contributed by atoms with van der Waals surface area (Å²) < 4.78 is 1.84. The third-order valence-corrected chi connectivity index (χ3v) is 3.65. The lowest BCUT2D eigenvalue weighted by Crippen LogP contribution is -2.38. The fourth-order valence-electron chi connectivity index (χ4n) is 2.28. The van der Waals surface area contributed by atoms with Crippen LogP contribution in [0.5, 0.6) is 0 Å². The van der Waals surface area contributed by atoms with Gasteiger partial charge < -0.3 is 20.5 Å². The first-order valence-electron chi connectivity index (χ1n) is 8.30. The van der Waals surface area contributed by atoms with Crippen molar-refractivity contribution in [3.63, 3.8) is 0 Å². The summed E-state index contributed by atoms with van der Waals surface area (Å²) in [5.74, 6) is 1.46. The van der Waals surface area contributed by atoms with Gasteiger partial charge in [0.1, 0.15) is 12.9 Å². The second-order valence-corrected chi connectivity index (χ2v) is 5.51. The quantitative estimate of drug-likeness (QED) is 0.502. The average Bonchev–Trinajstić information content (AvgIpc) is 3.04. The highest BCUT2D eigenvalue weighted by molar-refractivity contribution is 5.94. The van der Waals surface area contributed by atoms with Gasteiger partial charge in [-0.3, -0.25) is 4.79 Å². The molecule has 25 heavy (non-hydrogen) atoms. The third-order valence-electron chi connectivity index (χ3n) is 3.65. The molecule has 0 fully saturated rings. The lowest BCUT2D eigenvalue weighted by atomic mass is 10.1. The van der Waals surface area contributed by atoms with Crippen LogP contribution in [0.3, 0.4) is 0 Å². The predicted octanol–water partition coefficient (Wildman–Crippen LogP) is 0.473. The molecule has 134 valence electrons. The molecule has 0 radical (unpaired) electrons. The van der Waals surface area contributed by atoms with Gasteiger partial charge in [0.25, 0.3) is 5.91 Å². The first-order chi connectivity index (χ1) is 12.1. The molecule has 8 heteroatoms. The molecule has 0 saturated carbocycles. The molecule has 0 aliphatic rings. The van der Waals surface area contributed by atoms with E-state index in [1.807, 2.05) is 42.8 Å². The first kappa shape index (κ1) is 18.4. The predicted molar refractivity (Wildman–Crippen MR) is 97.4 cm³/mol. The van der Waals surface area contributed by atoms with E-state index in [4.69, 9.17) is 0 Å². The van der Waals surface area contributed by atoms with E-state index in [9.17, 15) is 4.79 Å². The maximum absolute atomic E-state index is 11.7. The number of aliphatic imine (C=N–C) groups is 1. The van der Waals surface area contributed by atoms with Gasteiger partial charge in [-0.05, 0) is 31.0 Å². The molecule has 0 aliphatic heterocycles. The number of hydrogen-bond donors (Lipinski definition) is 3. The molecule has 0 unspecified atom stereocenters. The number of carbonyl (C=O) groups excluding carboxylic acids is 1. The van der Waals surface area contributed by atoms with E-state index in [1.54, 1.807) is 13.4 Å². The van der Waals surface area contributed by atoms with Crippen LogP contribution < -0.4 is 16.0 Å². The van der Waals surface area contributed by atoms with Crippen molar-refractivity contribution in [1.29, 1.82) is 0 Å². The van der Waals surface area contributed by atoms with Crippen molar-refractivity contribution in [3.05, 3.63) is 47.5 Å². The number of aromatic nitrogens is 3. The zero-order valence-electron chi connectivity index (χ0n) is 14.9. The number of nitrogens with zero attached hydrogens (tertiary/aromatic N) is 4. The Bertz CT molecular complexity index is 723. The summed E-state index contributed by atoms with van der Waals surface area (Å²) in [4.78, 5) is 16.2. The van der Waals surface area contributed by atoms with Gasteiger partial charge in [0.15, 0.2) is 11.8 Å². The van der Waals surface area contributed by atoms with E-state index in [2.05, 4.69) is 31.1 Å². The monoisotopic (exact) mass is 343 g/mol. The summed E-state index contributed by atoms with van der Waals surface area (Å²) in [5.41, 5.74) is 1.76. The summed E-state index contributed by atoms with van der Waals surface area (Å²) in [5, 5.41) is 17.0. The van der Waals surface area contributed by atoms with Gasteiger partial charge in [-0.25, -0.2) is 4.99 Å². The van der Waals surface area contributed by atoms with Crippen LogP contribution in [0.15, 0.2) is 35.6 Å². The molecule has 1 amide bonds. The molecule has 3 N–H and O–H groups in total. The van der Waals surface area contributed by atoms with Gasteiger partial charge in [0.05, 0.1) is 0 Å². The lowest BCUT2D eigenvalue weighted by molar-refractivity contribution is 0.0963. The van der Waals surface area contributed by atoms with Gasteiger partial charge in [-0.1, -0.05) is 12.1 Å². The van der Waals surface area contributed by atoms with Crippen LogP contribution >= 0.6 is 0 Å². The summed E-state index contributed by atoms with van der Waals surface area (Å²) in [6.45, 7) is 3.96. The number of carbonyl (C=O) groups is 1. The van der Waals surface area contributed by atoms with Crippen molar-refractivity contribution in [2.24, 2.45) is 12.0 Å². The average molecular weight is 343 g/mol. The zero-order chi connectivity index (χ0) is 18.1. The largest absolute Gasteiger partial charge is 0.357 e. The Morgan fingerprint density at radius 1 is 1.32 bits per heavy atom. The molecule has 8 nitrogen and oxygen atoms in total. The molecular weight excluding hydrogens is 318 g/mol. The Labute approximate surface area is 147 Å². The number of amides is 1. The number of aryl methyl sites for hydroxylation is 1. The SMILES string of the molecule is CCNC(=NCc1nncn1C)NCCc1cccc(C(=O)NC)c1. The number of guanidine groups is 1. The third kappa shape index (κ3) is 5.59. The van der Waals surface area contributed by atoms with Crippen molar-refractivity contribution in [1.82, 2.24) is 30.7 Å². The van der Waals surface area contributed by atoms with Gasteiger partial charge in [-0.15, -0.1) is 10.2 Å². The second-order valence-electron chi connectivity index (χ2n) is 5.51. The molecule has 1 aromatic heterocycles. The van der Waals surface area contributed by atoms with Gasteiger partial charge in [0.2, 0.25) is 0 Å². The van der Waals surface area contributed by atoms with Crippen molar-refractivity contribution < 1.29 is 4.79 Å². The minimum absolute atomic E-state index is 0.0756. The van der Waals surface area contributed by atoms with Gasteiger partial charge in [-0.2, -0.15) is 0 Å². The highest BCUT2D eigenvalue weighted by atomic mass is 16.1. The number of benzene rings is 1. The van der Waals surface area contributed by atoms with Gasteiger partial charge in [0, 0.05) is 32.7 Å². The van der Waals surface area contributed by atoms with E-state index in [1.165, 1.54) is 0 Å². The Morgan fingerprint density at radius 3 is 2.84 bits per heavy atom. The smallest absolute Gasteiger partial charge is 0.251 e. The normalized spacial score (nSPS) is 11.2. The van der Waals surface area contributed by atoms with Crippen LogP contribution in [-0.4, -0.2) is 46.8 Å². The first-order valence-corrected chi connectivity index (χ1v) is 8.30. The van der Waals surface area contributed by atoms with Crippen LogP contribution in [0.1, 0.15) is 28.7 Å². The van der Waals surface area contributed by atoms with E-state index in [-0.39, 0.29) is 5.91 Å². The molecule has 0 aliphatic carbocycles. The van der Waals surface area contributed by atoms with Crippen LogP contribution in [0.25, 0.3) is 0 Å². The summed E-state index contributed by atoms with van der Waals surface area (Å²) in [7, 11) is 3.53. The zero-order valence-corrected chi connectivity index (χ0v) is 14.9. The topological polar surface area (TPSA) is 96.2 Å². The molecule has 0 atom stereocenters. The van der Waals surface area contributed by atoms with Crippen molar-refractivity contribution in [2.45, 2.75) is 19.9 Å². The highest BCUT2D eigenvalue weighted by Gasteiger charge is 2.05. The Hall–Kier alpha value is -2.90. The lowest BCUT2D eigenvalue weighted by Gasteiger charge is -2.11. The van der Waals surface area contributed by atoms with E-state index >= 15 is 0 Å². The maximum atomic E-state index is 11.7. The standard InChI is InChI=1S/C17H25N7O/c1-4-19-17(21-11-15-23-22-12-24(15)3)20-9-8-13-6-5-7-14(10-13)16(25)18-2/h5-7,10,12H,4,8-9,11H2,1-3H3,(H,18,25)(H2,19,20,21). The minimum atomic E-state index is -0.0756. The van der Waals surface area contributed by atoms with Crippen molar-refractivity contribution in [2.75, 3.05) is 20.1 Å². The Kier molecular flexibility index (Phi) is 6.94. The molecule has 0 bridgehead atoms. The fraction of sp³-hybridized carbons (Fsp3) is 0.412. The van der Waals surface area contributed by atoms with E-state index in [0.29, 0.717) is 18.7 Å². The summed E-state index contributed by atoms with van der Waals surface area (Å²) in [6, 6.07) is 7.62. The Morgan fingerprint density at radius 2 is 2.16 bits per heavy atom. The minimum Gasteiger partial charge on any atom is -0.357 e. The second kappa shape index (κ2) is 9.41. The molecule has 2 rings (SSSR count). The molecular formula is C17H25N7O. The number of rotatable bonds is 7. The highest BCUT2D eigenvalue weighted by Crippen LogP contribution is 2.05.